The Hall–Kier alpha value is -1.41. The molecule has 0 saturated carbocycles. The third-order valence-corrected chi connectivity index (χ3v) is 4.18. The van der Waals surface area contributed by atoms with E-state index in [-0.39, 0.29) is 18.2 Å². The van der Waals surface area contributed by atoms with E-state index in [1.807, 2.05) is 11.5 Å². The van der Waals surface area contributed by atoms with Crippen LogP contribution in [0.2, 0.25) is 0 Å². The Morgan fingerprint density at radius 1 is 1.42 bits per heavy atom. The van der Waals surface area contributed by atoms with Crippen molar-refractivity contribution in [2.24, 2.45) is 5.73 Å². The molecule has 1 aromatic heterocycles. The van der Waals surface area contributed by atoms with Gasteiger partial charge in [-0.1, -0.05) is 18.7 Å². The van der Waals surface area contributed by atoms with Gasteiger partial charge >= 0.3 is 0 Å². The zero-order valence-electron chi connectivity index (χ0n) is 11.0. The summed E-state index contributed by atoms with van der Waals surface area (Å²) in [4.78, 5) is 24.5. The zero-order valence-corrected chi connectivity index (χ0v) is 11.8. The highest BCUT2D eigenvalue weighted by molar-refractivity contribution is 8.00. The van der Waals surface area contributed by atoms with Crippen LogP contribution in [0.3, 0.4) is 0 Å². The number of imide groups is 1. The molecule has 2 N–H and O–H groups in total. The summed E-state index contributed by atoms with van der Waals surface area (Å²) in [6, 6.07) is 0. The molecule has 0 radical (unpaired) electrons. The van der Waals surface area contributed by atoms with Gasteiger partial charge in [0.15, 0.2) is 5.16 Å². The smallest absolute Gasteiger partial charge is 0.243 e. The first kappa shape index (κ1) is 14.0. The number of carbonyl (C=O) groups is 2. The maximum atomic E-state index is 11.9. The van der Waals surface area contributed by atoms with Crippen LogP contribution in [0, 0.1) is 0 Å². The van der Waals surface area contributed by atoms with Crippen LogP contribution >= 0.6 is 11.8 Å². The van der Waals surface area contributed by atoms with Gasteiger partial charge in [-0.3, -0.25) is 14.5 Å². The lowest BCUT2D eigenvalue weighted by Gasteiger charge is -2.10. The highest BCUT2D eigenvalue weighted by Gasteiger charge is 2.37. The number of nitrogens with zero attached hydrogens (tertiary/aromatic N) is 4. The van der Waals surface area contributed by atoms with Crippen LogP contribution in [0.25, 0.3) is 0 Å². The van der Waals surface area contributed by atoms with Crippen LogP contribution in [-0.2, 0) is 22.7 Å². The molecule has 19 heavy (non-hydrogen) atoms. The average molecular weight is 283 g/mol. The van der Waals surface area contributed by atoms with Gasteiger partial charge < -0.3 is 10.3 Å². The molecule has 104 valence electrons. The molecular formula is C11H17N5O2S. The van der Waals surface area contributed by atoms with Crippen molar-refractivity contribution in [3.05, 3.63) is 5.82 Å². The molecule has 8 heteroatoms. The third kappa shape index (κ3) is 2.64. The SMILES string of the molecule is CCCn1c(CN)nnc1SC1CC(=O)N(C)C1=O. The van der Waals surface area contributed by atoms with Crippen LogP contribution in [0.4, 0.5) is 0 Å². The molecule has 1 aliphatic heterocycles. The topological polar surface area (TPSA) is 94.1 Å². The summed E-state index contributed by atoms with van der Waals surface area (Å²) in [5.74, 6) is 0.382. The van der Waals surface area contributed by atoms with Crippen LogP contribution in [0.5, 0.6) is 0 Å². The van der Waals surface area contributed by atoms with Crippen LogP contribution in [0.1, 0.15) is 25.6 Å². The van der Waals surface area contributed by atoms with Gasteiger partial charge in [-0.2, -0.15) is 0 Å². The molecule has 1 unspecified atom stereocenters. The maximum absolute atomic E-state index is 11.9. The summed E-state index contributed by atoms with van der Waals surface area (Å²) in [6.07, 6.45) is 1.15. The van der Waals surface area contributed by atoms with E-state index in [0.29, 0.717) is 17.5 Å². The molecule has 7 nitrogen and oxygen atoms in total. The van der Waals surface area contributed by atoms with Crippen molar-refractivity contribution in [2.45, 2.75) is 43.3 Å². The van der Waals surface area contributed by atoms with E-state index in [4.69, 9.17) is 5.73 Å². The molecule has 2 amide bonds. The van der Waals surface area contributed by atoms with E-state index < -0.39 is 5.25 Å². The number of thioether (sulfide) groups is 1. The Balaban J connectivity index is 2.17. The fraction of sp³-hybridized carbons (Fsp3) is 0.636. The number of carbonyl (C=O) groups excluding carboxylic acids is 2. The lowest BCUT2D eigenvalue weighted by molar-refractivity contribution is -0.136. The molecule has 2 heterocycles. The van der Waals surface area contributed by atoms with Gasteiger partial charge in [0, 0.05) is 20.0 Å². The van der Waals surface area contributed by atoms with Crippen molar-refractivity contribution in [1.82, 2.24) is 19.7 Å². The molecule has 2 rings (SSSR count). The zero-order chi connectivity index (χ0) is 14.0. The minimum absolute atomic E-state index is 0.150. The fourth-order valence-corrected chi connectivity index (χ4v) is 3.10. The van der Waals surface area contributed by atoms with Gasteiger partial charge in [0.05, 0.1) is 6.54 Å². The summed E-state index contributed by atoms with van der Waals surface area (Å²) in [5, 5.41) is 8.34. The Morgan fingerprint density at radius 3 is 2.68 bits per heavy atom. The van der Waals surface area contributed by atoms with E-state index in [9.17, 15) is 9.59 Å². The predicted octanol–water partition coefficient (Wildman–Crippen LogP) is -0.00380. The van der Waals surface area contributed by atoms with Crippen molar-refractivity contribution < 1.29 is 9.59 Å². The number of rotatable bonds is 5. The van der Waals surface area contributed by atoms with Crippen molar-refractivity contribution in [3.63, 3.8) is 0 Å². The molecule has 1 atom stereocenters. The van der Waals surface area contributed by atoms with Gasteiger partial charge in [-0.05, 0) is 6.42 Å². The molecule has 1 aliphatic rings. The van der Waals surface area contributed by atoms with Gasteiger partial charge in [-0.25, -0.2) is 0 Å². The van der Waals surface area contributed by atoms with E-state index in [1.165, 1.54) is 23.7 Å². The summed E-state index contributed by atoms with van der Waals surface area (Å²) in [7, 11) is 1.51. The average Bonchev–Trinajstić information content (AvgIpc) is 2.88. The van der Waals surface area contributed by atoms with Crippen molar-refractivity contribution >= 4 is 23.6 Å². The molecule has 0 aromatic carbocycles. The largest absolute Gasteiger partial charge is 0.324 e. The Kier molecular flexibility index (Phi) is 4.20. The standard InChI is InChI=1S/C11H17N5O2S/c1-3-4-16-8(6-12)13-14-11(16)19-7-5-9(17)15(2)10(7)18/h7H,3-6,12H2,1-2H3. The lowest BCUT2D eigenvalue weighted by Crippen LogP contribution is -2.26. The molecule has 0 bridgehead atoms. The highest BCUT2D eigenvalue weighted by Crippen LogP contribution is 2.30. The molecule has 1 fully saturated rings. The molecule has 1 aromatic rings. The Morgan fingerprint density at radius 2 is 2.16 bits per heavy atom. The number of hydrogen-bond acceptors (Lipinski definition) is 6. The van der Waals surface area contributed by atoms with Crippen LogP contribution < -0.4 is 5.73 Å². The van der Waals surface area contributed by atoms with E-state index in [0.717, 1.165) is 13.0 Å². The number of hydrogen-bond donors (Lipinski definition) is 1. The lowest BCUT2D eigenvalue weighted by atomic mass is 10.4. The summed E-state index contributed by atoms with van der Waals surface area (Å²) in [5.41, 5.74) is 5.61. The minimum Gasteiger partial charge on any atom is -0.324 e. The second-order valence-electron chi connectivity index (χ2n) is 4.36. The van der Waals surface area contributed by atoms with Crippen LogP contribution in [0.15, 0.2) is 5.16 Å². The first-order valence-electron chi connectivity index (χ1n) is 6.17. The number of likely N-dealkylation sites (tertiary alicyclic amines) is 1. The van der Waals surface area contributed by atoms with Crippen molar-refractivity contribution in [2.75, 3.05) is 7.05 Å². The minimum atomic E-state index is -0.400. The number of amides is 2. The van der Waals surface area contributed by atoms with Gasteiger partial charge in [-0.15, -0.1) is 10.2 Å². The third-order valence-electron chi connectivity index (χ3n) is 3.01. The van der Waals surface area contributed by atoms with Gasteiger partial charge in [0.1, 0.15) is 11.1 Å². The number of aromatic nitrogens is 3. The first-order valence-corrected chi connectivity index (χ1v) is 7.05. The van der Waals surface area contributed by atoms with Gasteiger partial charge in [0.25, 0.3) is 0 Å². The Bertz CT molecular complexity index is 501. The van der Waals surface area contributed by atoms with Gasteiger partial charge in [0.2, 0.25) is 11.8 Å². The molecular weight excluding hydrogens is 266 g/mol. The van der Waals surface area contributed by atoms with Crippen LogP contribution in [-0.4, -0.2) is 43.8 Å². The van der Waals surface area contributed by atoms with Crippen molar-refractivity contribution in [3.8, 4) is 0 Å². The summed E-state index contributed by atoms with van der Waals surface area (Å²) < 4.78 is 1.92. The quantitative estimate of drug-likeness (QED) is 0.764. The highest BCUT2D eigenvalue weighted by atomic mass is 32.2. The first-order chi connectivity index (χ1) is 9.08. The molecule has 0 spiro atoms. The van der Waals surface area contributed by atoms with E-state index in [1.54, 1.807) is 0 Å². The summed E-state index contributed by atoms with van der Waals surface area (Å²) >= 11 is 1.29. The second kappa shape index (κ2) is 5.70. The monoisotopic (exact) mass is 283 g/mol. The normalized spacial score (nSPS) is 19.5. The number of nitrogens with two attached hydrogens (primary N) is 1. The maximum Gasteiger partial charge on any atom is 0.243 e. The summed E-state index contributed by atoms with van der Waals surface area (Å²) in [6.45, 7) is 3.12. The van der Waals surface area contributed by atoms with E-state index in [2.05, 4.69) is 10.2 Å². The Labute approximate surface area is 115 Å². The molecule has 1 saturated heterocycles. The van der Waals surface area contributed by atoms with Crippen molar-refractivity contribution in [1.29, 1.82) is 0 Å². The molecule has 0 aliphatic carbocycles. The predicted molar refractivity (Wildman–Crippen MR) is 70.2 cm³/mol. The fourth-order valence-electron chi connectivity index (χ4n) is 1.95. The van der Waals surface area contributed by atoms with E-state index >= 15 is 0 Å². The second-order valence-corrected chi connectivity index (χ2v) is 5.53.